The molecule has 0 fully saturated rings. The van der Waals surface area contributed by atoms with Gasteiger partial charge in [-0.15, -0.1) is 0 Å². The van der Waals surface area contributed by atoms with Crippen LogP contribution in [0.25, 0.3) is 0 Å². The van der Waals surface area contributed by atoms with Gasteiger partial charge in [-0.1, -0.05) is 0 Å². The molecule has 0 aliphatic rings. The third-order valence-corrected chi connectivity index (χ3v) is 0. The van der Waals surface area contributed by atoms with Gasteiger partial charge < -0.3 is 18.2 Å². The zero-order chi connectivity index (χ0) is 11.0. The van der Waals surface area contributed by atoms with Crippen molar-refractivity contribution < 1.29 is 92.1 Å². The minimum absolute atomic E-state index is 0. The van der Waals surface area contributed by atoms with E-state index in [1.54, 1.807) is 0 Å². The molecule has 0 N–H and O–H groups in total. The molecule has 0 rings (SSSR count). The summed E-state index contributed by atoms with van der Waals surface area (Å²) in [6.07, 6.45) is 0. The SMILES string of the molecule is O=S(=O)([O-])[O-].O=S(=O)([O-])[O-].[Na+].[O]=[Zr+2]. The van der Waals surface area contributed by atoms with Crippen molar-refractivity contribution in [3.63, 3.8) is 0 Å². The van der Waals surface area contributed by atoms with Crippen molar-refractivity contribution in [3.8, 4) is 0 Å². The molecule has 72 valence electrons. The summed E-state index contributed by atoms with van der Waals surface area (Å²) < 4.78 is 76.5. The van der Waals surface area contributed by atoms with Crippen LogP contribution in [0.1, 0.15) is 0 Å². The molecule has 13 heteroatoms. The van der Waals surface area contributed by atoms with Gasteiger partial charge in [0.1, 0.15) is 0 Å². The monoisotopic (exact) mass is 321 g/mol. The van der Waals surface area contributed by atoms with Gasteiger partial charge in [0.15, 0.2) is 0 Å². The Bertz CT molecular complexity index is 227. The molecular weight excluding hydrogens is 322 g/mol. The van der Waals surface area contributed by atoms with Crippen molar-refractivity contribution in [3.05, 3.63) is 0 Å². The second kappa shape index (κ2) is 11.5. The van der Waals surface area contributed by atoms with E-state index >= 15 is 0 Å². The molecule has 0 amide bonds. The van der Waals surface area contributed by atoms with Crippen LogP contribution in [-0.2, 0) is 48.3 Å². The van der Waals surface area contributed by atoms with Gasteiger partial charge >= 0.3 is 57.1 Å². The second-order valence-corrected chi connectivity index (χ2v) is 2.45. The van der Waals surface area contributed by atoms with Crippen molar-refractivity contribution in [1.82, 2.24) is 0 Å². The molecular formula is NaO9S2Zr-. The fourth-order valence-electron chi connectivity index (χ4n) is 0. The van der Waals surface area contributed by atoms with Crippen LogP contribution in [0, 0.1) is 0 Å². The first-order chi connectivity index (χ1) is 5.00. The third kappa shape index (κ3) is 865. The summed E-state index contributed by atoms with van der Waals surface area (Å²) in [5, 5.41) is 0. The van der Waals surface area contributed by atoms with E-state index in [2.05, 4.69) is 0 Å². The molecule has 0 unspecified atom stereocenters. The predicted octanol–water partition coefficient (Wildman–Crippen LogP) is -5.79. The summed E-state index contributed by atoms with van der Waals surface area (Å²) in [7, 11) is -10.3. The standard InChI is InChI=1S/Na.2H2O4S.O.Zr/c;2*1-5(2,3)4;;/h;2*(H2,1,2,3,4);;/q+1;;;;+2/p-4. The van der Waals surface area contributed by atoms with Crippen molar-refractivity contribution in [2.24, 2.45) is 0 Å². The number of rotatable bonds is 0. The number of hydrogen-bond acceptors (Lipinski definition) is 9. The molecule has 0 bridgehead atoms. The zero-order valence-electron chi connectivity index (χ0n) is 5.99. The number of hydrogen-bond donors (Lipinski definition) is 0. The van der Waals surface area contributed by atoms with Gasteiger partial charge in [0.05, 0.1) is 0 Å². The van der Waals surface area contributed by atoms with Crippen molar-refractivity contribution >= 4 is 20.8 Å². The van der Waals surface area contributed by atoms with Crippen LogP contribution in [0.3, 0.4) is 0 Å². The van der Waals surface area contributed by atoms with Crippen LogP contribution in [0.2, 0.25) is 0 Å². The average Bonchev–Trinajstić information content (AvgIpc) is 1.59. The van der Waals surface area contributed by atoms with Gasteiger partial charge in [0, 0.05) is 20.8 Å². The molecule has 0 aliphatic heterocycles. The molecule has 0 aromatic heterocycles. The van der Waals surface area contributed by atoms with Crippen LogP contribution in [0.4, 0.5) is 0 Å². The summed E-state index contributed by atoms with van der Waals surface area (Å²) in [6, 6.07) is 0. The van der Waals surface area contributed by atoms with Crippen LogP contribution in [-0.4, -0.2) is 35.0 Å². The van der Waals surface area contributed by atoms with Gasteiger partial charge in [0.2, 0.25) is 0 Å². The van der Waals surface area contributed by atoms with Crippen LogP contribution in [0.15, 0.2) is 0 Å². The minimum atomic E-state index is -5.17. The maximum absolute atomic E-state index is 8.52. The Morgan fingerprint density at radius 2 is 0.692 bits per heavy atom. The van der Waals surface area contributed by atoms with E-state index in [0.29, 0.717) is 24.7 Å². The second-order valence-electron chi connectivity index (χ2n) is 0.816. The van der Waals surface area contributed by atoms with E-state index in [0.717, 1.165) is 0 Å². The van der Waals surface area contributed by atoms with E-state index in [4.69, 9.17) is 37.9 Å². The van der Waals surface area contributed by atoms with E-state index in [1.165, 1.54) is 0 Å². The topological polar surface area (TPSA) is 178 Å². The first-order valence-electron chi connectivity index (χ1n) is 1.54. The Morgan fingerprint density at radius 3 is 0.692 bits per heavy atom. The van der Waals surface area contributed by atoms with Gasteiger partial charge in [-0.2, -0.15) is 0 Å². The van der Waals surface area contributed by atoms with E-state index < -0.39 is 20.8 Å². The quantitative estimate of drug-likeness (QED) is 0.238. The van der Waals surface area contributed by atoms with Gasteiger partial charge in [-0.05, 0) is 0 Å². The molecule has 13 heavy (non-hydrogen) atoms. The Labute approximate surface area is 112 Å². The Balaban J connectivity index is -0.0000000491. The fourth-order valence-corrected chi connectivity index (χ4v) is 0. The molecule has 0 saturated heterocycles. The summed E-state index contributed by atoms with van der Waals surface area (Å²) >= 11 is 0.300. The summed E-state index contributed by atoms with van der Waals surface area (Å²) in [5.41, 5.74) is 0. The van der Waals surface area contributed by atoms with Gasteiger partial charge in [-0.3, -0.25) is 16.8 Å². The van der Waals surface area contributed by atoms with Crippen molar-refractivity contribution in [2.75, 3.05) is 0 Å². The van der Waals surface area contributed by atoms with Crippen LogP contribution < -0.4 is 29.6 Å². The molecule has 0 spiro atoms. The molecule has 0 aliphatic carbocycles. The van der Waals surface area contributed by atoms with Gasteiger partial charge in [0.25, 0.3) is 0 Å². The van der Waals surface area contributed by atoms with Crippen LogP contribution in [0.5, 0.6) is 0 Å². The van der Waals surface area contributed by atoms with E-state index in [9.17, 15) is 0 Å². The molecule has 0 radical (unpaired) electrons. The maximum atomic E-state index is 8.52. The van der Waals surface area contributed by atoms with Gasteiger partial charge in [-0.25, -0.2) is 0 Å². The first kappa shape index (κ1) is 23.9. The van der Waals surface area contributed by atoms with Crippen molar-refractivity contribution in [1.29, 1.82) is 0 Å². The normalized spacial score (nSPS) is 9.38. The average molecular weight is 322 g/mol. The Morgan fingerprint density at radius 1 is 0.692 bits per heavy atom. The Kier molecular flexibility index (Phi) is 21.2. The van der Waals surface area contributed by atoms with Crippen LogP contribution >= 0.6 is 0 Å². The van der Waals surface area contributed by atoms with E-state index in [1.807, 2.05) is 0 Å². The fraction of sp³-hybridized carbons (Fsp3) is 0. The molecule has 0 aromatic rings. The Hall–Kier alpha value is 1.42. The van der Waals surface area contributed by atoms with E-state index in [-0.39, 0.29) is 29.6 Å². The molecule has 0 saturated carbocycles. The molecule has 0 atom stereocenters. The summed E-state index contributed by atoms with van der Waals surface area (Å²) in [6.45, 7) is 0. The van der Waals surface area contributed by atoms with Crippen molar-refractivity contribution in [2.45, 2.75) is 0 Å². The predicted molar refractivity (Wildman–Crippen MR) is 21.6 cm³/mol. The molecule has 0 aromatic carbocycles. The first-order valence-corrected chi connectivity index (χ1v) is 5.21. The zero-order valence-corrected chi connectivity index (χ0v) is 12.1. The molecule has 9 nitrogen and oxygen atoms in total. The molecule has 0 heterocycles. The third-order valence-electron chi connectivity index (χ3n) is 0. The summed E-state index contributed by atoms with van der Waals surface area (Å²) in [5.74, 6) is 0. The summed E-state index contributed by atoms with van der Waals surface area (Å²) in [4.78, 5) is 0.